The summed E-state index contributed by atoms with van der Waals surface area (Å²) in [6.45, 7) is 5.32. The molecule has 0 aliphatic carbocycles. The number of thiol groups is 1. The maximum atomic E-state index is 4.71. The van der Waals surface area contributed by atoms with Crippen molar-refractivity contribution in [1.29, 1.82) is 0 Å². The lowest BCUT2D eigenvalue weighted by atomic mass is 11.0. The van der Waals surface area contributed by atoms with E-state index >= 15 is 0 Å². The molecule has 0 radical (unpaired) electrons. The summed E-state index contributed by atoms with van der Waals surface area (Å²) in [6.07, 6.45) is 9.49. The molecule has 13 heteroatoms. The summed E-state index contributed by atoms with van der Waals surface area (Å²) in [7, 11) is 3.02. The van der Waals surface area contributed by atoms with E-state index in [0.717, 1.165) is 5.75 Å². The molecule has 3 heterocycles. The van der Waals surface area contributed by atoms with Crippen molar-refractivity contribution >= 4 is 12.6 Å². The van der Waals surface area contributed by atoms with Crippen molar-refractivity contribution < 1.29 is 14.2 Å². The summed E-state index contributed by atoms with van der Waals surface area (Å²) >= 11 is 3.79. The Balaban J connectivity index is 0.000000365. The lowest BCUT2D eigenvalue weighted by molar-refractivity contribution is 0.377. The minimum absolute atomic E-state index is 0.264. The Bertz CT molecular complexity index is 672. The Labute approximate surface area is 168 Å². The highest BCUT2D eigenvalue weighted by atomic mass is 32.1. The van der Waals surface area contributed by atoms with Crippen molar-refractivity contribution in [2.24, 2.45) is 0 Å². The molecule has 3 aromatic heterocycles. The fourth-order valence-electron chi connectivity index (χ4n) is 1.03. The zero-order valence-electron chi connectivity index (χ0n) is 15.7. The summed E-state index contributed by atoms with van der Waals surface area (Å²) in [5.41, 5.74) is 0. The number of hydrogen-bond acceptors (Lipinski definition) is 13. The van der Waals surface area contributed by atoms with E-state index in [4.69, 9.17) is 4.74 Å². The predicted molar refractivity (Wildman–Crippen MR) is 103 cm³/mol. The van der Waals surface area contributed by atoms with Gasteiger partial charge in [-0.3, -0.25) is 0 Å². The van der Waals surface area contributed by atoms with E-state index < -0.39 is 0 Å². The second-order valence-corrected chi connectivity index (χ2v) is 4.40. The Morgan fingerprint density at radius 1 is 0.750 bits per heavy atom. The fraction of sp³-hybridized carbons (Fsp3) is 0.267. The van der Waals surface area contributed by atoms with Crippen LogP contribution in [0.25, 0.3) is 0 Å². The van der Waals surface area contributed by atoms with Gasteiger partial charge in [0.05, 0.1) is 20.5 Å². The summed E-state index contributed by atoms with van der Waals surface area (Å²) in [5, 5.41) is 0. The first-order valence-corrected chi connectivity index (χ1v) is 8.17. The number of rotatable bonds is 4. The normalized spacial score (nSPS) is 8.29. The van der Waals surface area contributed by atoms with Crippen LogP contribution in [0.1, 0.15) is 6.92 Å². The van der Waals surface area contributed by atoms with E-state index in [1.165, 1.54) is 58.4 Å². The molecule has 0 unspecified atom stereocenters. The standard InChI is InChI=1S/C5H5N3O.2C4H5N3O.C2H6S/c1-2-9-5-7-3-6-4-8-5;2*1-8-4-6-2-5-3-7-4;1-2-3/h2-4H,1H2;2*2-3H,1H3;3H,2H2,1H3. The second-order valence-electron chi connectivity index (χ2n) is 3.77. The van der Waals surface area contributed by atoms with Gasteiger partial charge in [-0.15, -0.1) is 0 Å². The molecule has 28 heavy (non-hydrogen) atoms. The molecule has 0 aliphatic heterocycles. The lowest BCUT2D eigenvalue weighted by Gasteiger charge is -1.91. The first-order chi connectivity index (χ1) is 13.7. The summed E-state index contributed by atoms with van der Waals surface area (Å²) in [6, 6.07) is 0.958. The average molecular weight is 407 g/mol. The van der Waals surface area contributed by atoms with Gasteiger partial charge in [-0.2, -0.15) is 42.5 Å². The molecule has 0 saturated carbocycles. The van der Waals surface area contributed by atoms with Crippen LogP contribution in [-0.4, -0.2) is 64.8 Å². The van der Waals surface area contributed by atoms with Crippen molar-refractivity contribution in [3.8, 4) is 18.0 Å². The number of hydrogen-bond donors (Lipinski definition) is 1. The van der Waals surface area contributed by atoms with Crippen LogP contribution in [0.5, 0.6) is 18.0 Å². The number of aromatic nitrogens is 9. The van der Waals surface area contributed by atoms with Gasteiger partial charge >= 0.3 is 18.0 Å². The van der Waals surface area contributed by atoms with Gasteiger partial charge in [-0.05, 0) is 5.75 Å². The smallest absolute Gasteiger partial charge is 0.324 e. The fourth-order valence-corrected chi connectivity index (χ4v) is 1.03. The summed E-state index contributed by atoms with van der Waals surface area (Å²) < 4.78 is 14.0. The third-order valence-corrected chi connectivity index (χ3v) is 1.96. The molecular weight excluding hydrogens is 386 g/mol. The molecule has 0 aliphatic rings. The predicted octanol–water partition coefficient (Wildman–Crippen LogP) is 1.09. The van der Waals surface area contributed by atoms with Crippen molar-refractivity contribution in [1.82, 2.24) is 44.9 Å². The van der Waals surface area contributed by atoms with E-state index in [1.807, 2.05) is 6.92 Å². The molecule has 3 rings (SSSR count). The largest absolute Gasteiger partial charge is 0.467 e. The van der Waals surface area contributed by atoms with Crippen LogP contribution in [0.15, 0.2) is 50.8 Å². The molecule has 0 bridgehead atoms. The zero-order valence-corrected chi connectivity index (χ0v) is 16.5. The average Bonchev–Trinajstić information content (AvgIpc) is 2.77. The van der Waals surface area contributed by atoms with Gasteiger partial charge in [-0.1, -0.05) is 13.5 Å². The minimum atomic E-state index is 0.264. The SMILES string of the molecule is C=COc1ncncn1.CCS.COc1ncncn1.COc1ncncn1. The third kappa shape index (κ3) is 13.8. The lowest BCUT2D eigenvalue weighted by Crippen LogP contribution is -1.89. The number of methoxy groups -OCH3 is 2. The maximum Gasteiger partial charge on any atom is 0.324 e. The molecule has 0 atom stereocenters. The van der Waals surface area contributed by atoms with Gasteiger partial charge < -0.3 is 14.2 Å². The van der Waals surface area contributed by atoms with Crippen LogP contribution in [-0.2, 0) is 0 Å². The van der Waals surface area contributed by atoms with Crippen molar-refractivity contribution in [3.05, 3.63) is 50.8 Å². The molecule has 0 saturated heterocycles. The molecule has 0 N–H and O–H groups in total. The maximum absolute atomic E-state index is 4.71. The number of nitrogens with zero attached hydrogens (tertiary/aromatic N) is 9. The van der Waals surface area contributed by atoms with Gasteiger partial charge in [-0.25, -0.2) is 15.0 Å². The van der Waals surface area contributed by atoms with Crippen LogP contribution >= 0.6 is 12.6 Å². The molecular formula is C15H21N9O3S. The van der Waals surface area contributed by atoms with Crippen LogP contribution < -0.4 is 14.2 Å². The molecule has 12 nitrogen and oxygen atoms in total. The Hall–Kier alpha value is -3.48. The number of ether oxygens (including phenoxy) is 3. The third-order valence-electron chi connectivity index (χ3n) is 1.96. The quantitative estimate of drug-likeness (QED) is 0.488. The van der Waals surface area contributed by atoms with Gasteiger partial charge in [0.1, 0.15) is 38.0 Å². The first-order valence-electron chi connectivity index (χ1n) is 7.54. The summed E-state index contributed by atoms with van der Waals surface area (Å²) in [5.74, 6) is 0.944. The Kier molecular flexibility index (Phi) is 16.0. The van der Waals surface area contributed by atoms with Crippen LogP contribution in [0.4, 0.5) is 0 Å². The highest BCUT2D eigenvalue weighted by Gasteiger charge is 1.87. The van der Waals surface area contributed by atoms with E-state index in [-0.39, 0.29) is 6.01 Å². The van der Waals surface area contributed by atoms with Gasteiger partial charge in [0.2, 0.25) is 0 Å². The van der Waals surface area contributed by atoms with E-state index in [0.29, 0.717) is 12.0 Å². The van der Waals surface area contributed by atoms with Crippen molar-refractivity contribution in [2.75, 3.05) is 20.0 Å². The highest BCUT2D eigenvalue weighted by molar-refractivity contribution is 7.80. The van der Waals surface area contributed by atoms with Gasteiger partial charge in [0, 0.05) is 0 Å². The van der Waals surface area contributed by atoms with E-state index in [9.17, 15) is 0 Å². The topological polar surface area (TPSA) is 144 Å². The van der Waals surface area contributed by atoms with Crippen molar-refractivity contribution in [3.63, 3.8) is 0 Å². The minimum Gasteiger partial charge on any atom is -0.467 e. The summed E-state index contributed by atoms with van der Waals surface area (Å²) in [4.78, 5) is 32.7. The Morgan fingerprint density at radius 3 is 1.25 bits per heavy atom. The molecule has 0 spiro atoms. The monoisotopic (exact) mass is 407 g/mol. The van der Waals surface area contributed by atoms with Crippen LogP contribution in [0, 0.1) is 0 Å². The first kappa shape index (κ1) is 24.5. The molecule has 0 fully saturated rings. The zero-order chi connectivity index (χ0) is 20.9. The molecule has 150 valence electrons. The van der Waals surface area contributed by atoms with Gasteiger partial charge in [0.25, 0.3) is 0 Å². The molecule has 0 aromatic carbocycles. The highest BCUT2D eigenvalue weighted by Crippen LogP contribution is 1.94. The van der Waals surface area contributed by atoms with E-state index in [2.05, 4.69) is 73.5 Å². The van der Waals surface area contributed by atoms with E-state index in [1.54, 1.807) is 0 Å². The van der Waals surface area contributed by atoms with Crippen LogP contribution in [0.2, 0.25) is 0 Å². The Morgan fingerprint density at radius 2 is 1.04 bits per heavy atom. The molecule has 3 aromatic rings. The molecule has 0 amide bonds. The van der Waals surface area contributed by atoms with Crippen LogP contribution in [0.3, 0.4) is 0 Å². The second kappa shape index (κ2) is 18.3. The van der Waals surface area contributed by atoms with Gasteiger partial charge in [0.15, 0.2) is 0 Å². The van der Waals surface area contributed by atoms with Crippen molar-refractivity contribution in [2.45, 2.75) is 6.92 Å².